The first-order valence-electron chi connectivity index (χ1n) is 9.26. The van der Waals surface area contributed by atoms with E-state index >= 15 is 0 Å². The van der Waals surface area contributed by atoms with Crippen LogP contribution >= 0.6 is 0 Å². The zero-order valence-electron chi connectivity index (χ0n) is 19.0. The Labute approximate surface area is 217 Å². The Bertz CT molecular complexity index is 1050. The van der Waals surface area contributed by atoms with Gasteiger partial charge in [-0.15, -0.1) is 4.36 Å². The molecule has 0 saturated heterocycles. The zero-order valence-corrected chi connectivity index (χ0v) is 20.6. The molecule has 8 nitrogen and oxygen atoms in total. The van der Waals surface area contributed by atoms with E-state index < -0.39 is 9.73 Å². The maximum absolute atomic E-state index is 12.0. The quantitative estimate of drug-likeness (QED) is 0.449. The predicted octanol–water partition coefficient (Wildman–Crippen LogP) is 6.55. The number of hydrogen-bond donors (Lipinski definition) is 1. The molecule has 0 amide bonds. The van der Waals surface area contributed by atoms with E-state index in [0.717, 1.165) is 29.6 Å². The van der Waals surface area contributed by atoms with Crippen LogP contribution in [-0.4, -0.2) is 38.9 Å². The molecule has 1 N–H and O–H groups in total. The zero-order chi connectivity index (χ0) is 24.0. The predicted molar refractivity (Wildman–Crippen MR) is 153 cm³/mol. The molecule has 0 saturated carbocycles. The van der Waals surface area contributed by atoms with Crippen molar-refractivity contribution in [2.24, 2.45) is 8.73 Å². The van der Waals surface area contributed by atoms with Crippen molar-refractivity contribution in [3.8, 4) is 12.4 Å². The molecule has 0 bridgehead atoms. The average Bonchev–Trinajstić information content (AvgIpc) is 2.76. The van der Waals surface area contributed by atoms with Crippen molar-refractivity contribution in [2.75, 3.05) is 19.6 Å². The van der Waals surface area contributed by atoms with Gasteiger partial charge in [-0.25, -0.2) is 4.21 Å². The van der Waals surface area contributed by atoms with Gasteiger partial charge >= 0.3 is 0 Å². The molecule has 200 valence electrons. The molecule has 2 rings (SSSR count). The van der Waals surface area contributed by atoms with Crippen molar-refractivity contribution in [3.05, 3.63) is 59.2 Å². The lowest BCUT2D eigenvalue weighted by Gasteiger charge is -2.12. The number of aliphatic hydroxyl groups is 1. The van der Waals surface area contributed by atoms with E-state index in [4.69, 9.17) is 15.6 Å². The molecule has 0 fully saturated rings. The number of aromatic nitrogens is 2. The highest BCUT2D eigenvalue weighted by Crippen LogP contribution is 2.22. The average molecular weight is 527 g/mol. The molecular formula is C25H46N6O2S2. The minimum Gasteiger partial charge on any atom is -0.400 e. The number of pyridine rings is 2. The van der Waals surface area contributed by atoms with Crippen LogP contribution in [0.25, 0.3) is 0 Å². The van der Waals surface area contributed by atoms with Gasteiger partial charge in [0, 0.05) is 42.4 Å². The molecule has 0 aliphatic heterocycles. The lowest BCUT2D eigenvalue weighted by Crippen LogP contribution is -2.07. The summed E-state index contributed by atoms with van der Waals surface area (Å²) in [6.07, 6.45) is 10.4. The summed E-state index contributed by atoms with van der Waals surface area (Å²) in [5.74, 6) is 0. The normalized spacial score (nSPS) is 13.0. The van der Waals surface area contributed by atoms with Crippen LogP contribution in [0, 0.1) is 36.8 Å². The Balaban J connectivity index is -0.000000145. The summed E-state index contributed by atoms with van der Waals surface area (Å²) < 4.78 is 19.2. The molecule has 35 heavy (non-hydrogen) atoms. The van der Waals surface area contributed by atoms with E-state index in [1.807, 2.05) is 56.8 Å². The number of aliphatic hydroxyl groups excluding tert-OH is 1. The largest absolute Gasteiger partial charge is 0.400 e. The summed E-state index contributed by atoms with van der Waals surface area (Å²) in [4.78, 5) is 8.35. The van der Waals surface area contributed by atoms with E-state index in [9.17, 15) is 4.21 Å². The molecule has 2 aromatic heterocycles. The maximum Gasteiger partial charge on any atom is 0.214 e. The molecule has 4 atom stereocenters. The summed E-state index contributed by atoms with van der Waals surface area (Å²) in [6, 6.07) is 7.75. The summed E-state index contributed by atoms with van der Waals surface area (Å²) >= 11 is 0. The van der Waals surface area contributed by atoms with Gasteiger partial charge in [-0.3, -0.25) is 9.97 Å². The molecule has 10 heteroatoms. The molecule has 0 radical (unpaired) electrons. The highest BCUT2D eigenvalue weighted by molar-refractivity contribution is 7.93. The van der Waals surface area contributed by atoms with Crippen LogP contribution in [0.1, 0.15) is 76.6 Å². The smallest absolute Gasteiger partial charge is 0.214 e. The van der Waals surface area contributed by atoms with Crippen molar-refractivity contribution in [3.63, 3.8) is 0 Å². The third kappa shape index (κ3) is 15.0. The summed E-state index contributed by atoms with van der Waals surface area (Å²) in [6.45, 7) is 7.70. The van der Waals surface area contributed by atoms with Crippen LogP contribution in [-0.2, 0) is 20.4 Å². The number of hydrogen-bond acceptors (Lipinski definition) is 8. The number of rotatable bonds is 4. The van der Waals surface area contributed by atoms with Crippen molar-refractivity contribution in [1.82, 2.24) is 9.97 Å². The number of aryl methyl sites for hydroxylation is 2. The van der Waals surface area contributed by atoms with Gasteiger partial charge in [0.25, 0.3) is 0 Å². The van der Waals surface area contributed by atoms with Gasteiger partial charge in [-0.2, -0.15) is 14.9 Å². The van der Waals surface area contributed by atoms with Gasteiger partial charge in [0.2, 0.25) is 12.4 Å². The molecule has 0 aromatic carbocycles. The molecule has 0 spiro atoms. The van der Waals surface area contributed by atoms with Crippen LogP contribution in [0.3, 0.4) is 0 Å². The van der Waals surface area contributed by atoms with Crippen molar-refractivity contribution in [1.29, 1.82) is 10.5 Å². The first kappa shape index (κ1) is 42.5. The van der Waals surface area contributed by atoms with Crippen molar-refractivity contribution >= 4 is 20.4 Å². The SMILES string of the molecule is C.C.C.C.CO.Cc1ccc(C(C)S(C)(=O)=NC#N)cn1.Cc1ccc(C(C)S(C)=NC#N)cn1. The fourth-order valence-electron chi connectivity index (χ4n) is 2.19. The van der Waals surface area contributed by atoms with Crippen LogP contribution in [0.4, 0.5) is 0 Å². The minimum absolute atomic E-state index is 0. The van der Waals surface area contributed by atoms with Gasteiger partial charge in [-0.1, -0.05) is 52.5 Å². The summed E-state index contributed by atoms with van der Waals surface area (Å²) in [7, 11) is -1.75. The summed E-state index contributed by atoms with van der Waals surface area (Å²) in [5, 5.41) is 23.9. The molecule has 0 aliphatic carbocycles. The van der Waals surface area contributed by atoms with Gasteiger partial charge < -0.3 is 5.11 Å². The molecule has 4 unspecified atom stereocenters. The Kier molecular flexibility index (Phi) is 26.5. The van der Waals surface area contributed by atoms with Crippen molar-refractivity contribution in [2.45, 2.75) is 67.9 Å². The Hall–Kier alpha value is -2.66. The van der Waals surface area contributed by atoms with Crippen LogP contribution in [0.2, 0.25) is 0 Å². The first-order valence-corrected chi connectivity index (χ1v) is 12.9. The lowest BCUT2D eigenvalue weighted by molar-refractivity contribution is 0.399. The van der Waals surface area contributed by atoms with E-state index in [-0.39, 0.29) is 50.9 Å². The Morgan fingerprint density at radius 2 is 1.34 bits per heavy atom. The number of nitriles is 2. The van der Waals surface area contributed by atoms with Crippen LogP contribution in [0.5, 0.6) is 0 Å². The highest BCUT2D eigenvalue weighted by Gasteiger charge is 2.16. The van der Waals surface area contributed by atoms with Crippen LogP contribution < -0.4 is 0 Å². The fourth-order valence-corrected chi connectivity index (χ4v) is 3.98. The monoisotopic (exact) mass is 526 g/mol. The third-order valence-corrected chi connectivity index (χ3v) is 8.08. The second kappa shape index (κ2) is 21.8. The lowest BCUT2D eigenvalue weighted by atomic mass is 10.2. The molecule has 2 heterocycles. The first-order chi connectivity index (χ1) is 14.6. The third-order valence-electron chi connectivity index (χ3n) is 4.38. The topological polar surface area (TPSA) is 135 Å². The Morgan fingerprint density at radius 1 is 0.914 bits per heavy atom. The van der Waals surface area contributed by atoms with Gasteiger partial charge in [0.05, 0.1) is 15.0 Å². The van der Waals surface area contributed by atoms with Gasteiger partial charge in [0.15, 0.2) is 0 Å². The van der Waals surface area contributed by atoms with E-state index in [1.165, 1.54) is 6.26 Å². The van der Waals surface area contributed by atoms with Crippen molar-refractivity contribution < 1.29 is 9.32 Å². The highest BCUT2D eigenvalue weighted by atomic mass is 32.2. The standard InChI is InChI=1S/C10H13N3OS.C10H13N3S.CH4O.4CH4/c1-8-4-5-10(6-12-8)9(2)15(3,14)13-7-11;1-8-4-5-10(6-12-8)9(2)14(3)13-7-11;1-2;;;;/h4-6,9H,1-3H3;4-6,9H,1-3H3;2H,1H3;4*1H4. The van der Waals surface area contributed by atoms with E-state index in [2.05, 4.69) is 25.6 Å². The van der Waals surface area contributed by atoms with Gasteiger partial charge in [-0.05, 0) is 57.2 Å². The fraction of sp³-hybridized carbons (Fsp3) is 0.520. The second-order valence-corrected chi connectivity index (χ2v) is 11.1. The van der Waals surface area contributed by atoms with Crippen LogP contribution in [0.15, 0.2) is 45.4 Å². The second-order valence-electron chi connectivity index (χ2n) is 6.52. The van der Waals surface area contributed by atoms with Gasteiger partial charge in [0.1, 0.15) is 0 Å². The Morgan fingerprint density at radius 3 is 1.69 bits per heavy atom. The maximum atomic E-state index is 12.0. The van der Waals surface area contributed by atoms with E-state index in [0.29, 0.717) is 0 Å². The molecule has 2 aromatic rings. The molecule has 0 aliphatic rings. The van der Waals surface area contributed by atoms with E-state index in [1.54, 1.807) is 19.3 Å². The number of nitrogens with zero attached hydrogens (tertiary/aromatic N) is 6. The summed E-state index contributed by atoms with van der Waals surface area (Å²) in [5.41, 5.74) is 3.90. The molecular weight excluding hydrogens is 480 g/mol. The minimum atomic E-state index is -2.50.